The van der Waals surface area contributed by atoms with Crippen LogP contribution in [-0.2, 0) is 9.53 Å². The number of rotatable bonds is 4. The van der Waals surface area contributed by atoms with Gasteiger partial charge in [-0.1, -0.05) is 44.9 Å². The molecule has 0 radical (unpaired) electrons. The van der Waals surface area contributed by atoms with Crippen LogP contribution in [0.15, 0.2) is 30.3 Å². The normalized spacial score (nSPS) is 23.8. The maximum atomic E-state index is 12.1. The number of ether oxygens (including phenoxy) is 1. The fourth-order valence-electron chi connectivity index (χ4n) is 3.43. The van der Waals surface area contributed by atoms with Crippen LogP contribution in [0.5, 0.6) is 0 Å². The number of benzene rings is 1. The number of aromatic nitrogens is 1. The van der Waals surface area contributed by atoms with Crippen LogP contribution in [0.4, 0.5) is 0 Å². The van der Waals surface area contributed by atoms with Crippen LogP contribution in [0.1, 0.15) is 43.6 Å². The Balaban J connectivity index is 1.53. The Bertz CT molecular complexity index is 704. The van der Waals surface area contributed by atoms with Gasteiger partial charge >= 0.3 is 5.97 Å². The summed E-state index contributed by atoms with van der Waals surface area (Å²) in [7, 11) is 0. The van der Waals surface area contributed by atoms with E-state index in [0.29, 0.717) is 17.5 Å². The van der Waals surface area contributed by atoms with Crippen LogP contribution in [0.25, 0.3) is 10.9 Å². The standard InChI is InChI=1S/C19H24N2O3/c1-12-6-5-9-15(13(12)2)21-18(22)11-24-19(23)17-10-14-7-3-4-8-16(14)20-17/h3-4,7-8,10,12-13,15,20H,5-6,9,11H2,1-2H3,(H,21,22)/t12-,13-,15+/m1/s1. The van der Waals surface area contributed by atoms with Crippen molar-refractivity contribution in [1.82, 2.24) is 10.3 Å². The minimum absolute atomic E-state index is 0.174. The summed E-state index contributed by atoms with van der Waals surface area (Å²) in [6.45, 7) is 4.15. The van der Waals surface area contributed by atoms with Gasteiger partial charge in [0.15, 0.2) is 6.61 Å². The Hall–Kier alpha value is -2.30. The van der Waals surface area contributed by atoms with Crippen molar-refractivity contribution in [3.63, 3.8) is 0 Å². The second kappa shape index (κ2) is 7.07. The van der Waals surface area contributed by atoms with Crippen molar-refractivity contribution >= 4 is 22.8 Å². The first-order chi connectivity index (χ1) is 11.5. The van der Waals surface area contributed by atoms with E-state index in [0.717, 1.165) is 23.7 Å². The van der Waals surface area contributed by atoms with Crippen LogP contribution < -0.4 is 5.32 Å². The lowest BCUT2D eigenvalue weighted by Gasteiger charge is -2.34. The van der Waals surface area contributed by atoms with Gasteiger partial charge < -0.3 is 15.0 Å². The molecular formula is C19H24N2O3. The molecule has 1 aliphatic rings. The van der Waals surface area contributed by atoms with Gasteiger partial charge in [0.25, 0.3) is 5.91 Å². The van der Waals surface area contributed by atoms with E-state index in [-0.39, 0.29) is 18.6 Å². The number of amides is 1. The lowest BCUT2D eigenvalue weighted by Crippen LogP contribution is -2.45. The lowest BCUT2D eigenvalue weighted by atomic mass is 9.78. The predicted molar refractivity (Wildman–Crippen MR) is 92.7 cm³/mol. The van der Waals surface area contributed by atoms with E-state index in [1.54, 1.807) is 6.07 Å². The Morgan fingerprint density at radius 3 is 2.83 bits per heavy atom. The van der Waals surface area contributed by atoms with Gasteiger partial charge in [-0.05, 0) is 30.4 Å². The average Bonchev–Trinajstić information content (AvgIpc) is 3.01. The van der Waals surface area contributed by atoms with E-state index in [4.69, 9.17) is 4.74 Å². The number of hydrogen-bond donors (Lipinski definition) is 2. The number of esters is 1. The molecule has 3 rings (SSSR count). The number of fused-ring (bicyclic) bond motifs is 1. The Kier molecular flexibility index (Phi) is 4.88. The summed E-state index contributed by atoms with van der Waals surface area (Å²) in [6.07, 6.45) is 3.33. The summed E-state index contributed by atoms with van der Waals surface area (Å²) in [6, 6.07) is 9.53. The van der Waals surface area contributed by atoms with Gasteiger partial charge in [-0.25, -0.2) is 4.79 Å². The van der Waals surface area contributed by atoms with Crippen LogP contribution in [0, 0.1) is 11.8 Å². The van der Waals surface area contributed by atoms with Gasteiger partial charge in [-0.3, -0.25) is 4.79 Å². The predicted octanol–water partition coefficient (Wildman–Crippen LogP) is 3.27. The third-order valence-electron chi connectivity index (χ3n) is 5.14. The summed E-state index contributed by atoms with van der Waals surface area (Å²) >= 11 is 0. The molecule has 2 N–H and O–H groups in total. The highest BCUT2D eigenvalue weighted by Gasteiger charge is 2.28. The zero-order valence-electron chi connectivity index (χ0n) is 14.2. The minimum atomic E-state index is -0.508. The van der Waals surface area contributed by atoms with Crippen molar-refractivity contribution in [2.75, 3.05) is 6.61 Å². The summed E-state index contributed by atoms with van der Waals surface area (Å²) in [5.41, 5.74) is 1.24. The molecule has 1 amide bonds. The molecule has 1 aliphatic carbocycles. The molecule has 0 unspecified atom stereocenters. The number of carbonyl (C=O) groups excluding carboxylic acids is 2. The summed E-state index contributed by atoms with van der Waals surface area (Å²) in [4.78, 5) is 27.2. The van der Waals surface area contributed by atoms with Crippen molar-refractivity contribution in [1.29, 1.82) is 0 Å². The van der Waals surface area contributed by atoms with Crippen LogP contribution in [0.3, 0.4) is 0 Å². The quantitative estimate of drug-likeness (QED) is 0.846. The monoisotopic (exact) mass is 328 g/mol. The van der Waals surface area contributed by atoms with Crippen LogP contribution >= 0.6 is 0 Å². The smallest absolute Gasteiger partial charge is 0.355 e. The first-order valence-electron chi connectivity index (χ1n) is 8.59. The molecule has 1 fully saturated rings. The SMILES string of the molecule is C[C@@H]1[C@H](C)CCC[C@@H]1NC(=O)COC(=O)c1cc2ccccc2[nH]1. The highest BCUT2D eigenvalue weighted by molar-refractivity contribution is 5.95. The molecule has 1 aromatic heterocycles. The second-order valence-corrected chi connectivity index (χ2v) is 6.79. The molecular weight excluding hydrogens is 304 g/mol. The summed E-state index contributed by atoms with van der Waals surface area (Å²) in [5.74, 6) is 0.321. The molecule has 0 bridgehead atoms. The highest BCUT2D eigenvalue weighted by Crippen LogP contribution is 2.29. The number of carbonyl (C=O) groups is 2. The van der Waals surface area contributed by atoms with Crippen molar-refractivity contribution in [2.24, 2.45) is 11.8 Å². The van der Waals surface area contributed by atoms with Crippen LogP contribution in [0.2, 0.25) is 0 Å². The Morgan fingerprint density at radius 1 is 1.25 bits per heavy atom. The zero-order valence-corrected chi connectivity index (χ0v) is 14.2. The van der Waals surface area contributed by atoms with E-state index in [2.05, 4.69) is 24.1 Å². The largest absolute Gasteiger partial charge is 0.451 e. The van der Waals surface area contributed by atoms with E-state index in [9.17, 15) is 9.59 Å². The molecule has 24 heavy (non-hydrogen) atoms. The van der Waals surface area contributed by atoms with Crippen molar-refractivity contribution in [3.8, 4) is 0 Å². The molecule has 2 aromatic rings. The second-order valence-electron chi connectivity index (χ2n) is 6.79. The van der Waals surface area contributed by atoms with Gasteiger partial charge in [-0.2, -0.15) is 0 Å². The molecule has 1 aromatic carbocycles. The molecule has 0 spiro atoms. The first-order valence-corrected chi connectivity index (χ1v) is 8.59. The number of H-pyrrole nitrogens is 1. The van der Waals surface area contributed by atoms with E-state index in [1.807, 2.05) is 24.3 Å². The molecule has 0 aliphatic heterocycles. The van der Waals surface area contributed by atoms with Crippen LogP contribution in [-0.4, -0.2) is 29.5 Å². The molecule has 5 heteroatoms. The number of hydrogen-bond acceptors (Lipinski definition) is 3. The molecule has 128 valence electrons. The van der Waals surface area contributed by atoms with Crippen molar-refractivity contribution < 1.29 is 14.3 Å². The number of aromatic amines is 1. The van der Waals surface area contributed by atoms with Crippen molar-refractivity contribution in [2.45, 2.75) is 39.2 Å². The Morgan fingerprint density at radius 2 is 2.04 bits per heavy atom. The number of nitrogens with one attached hydrogen (secondary N) is 2. The molecule has 1 saturated carbocycles. The number of para-hydroxylation sites is 1. The van der Waals surface area contributed by atoms with Gasteiger partial charge in [0.05, 0.1) is 0 Å². The maximum absolute atomic E-state index is 12.1. The zero-order chi connectivity index (χ0) is 17.1. The van der Waals surface area contributed by atoms with Crippen molar-refractivity contribution in [3.05, 3.63) is 36.0 Å². The topological polar surface area (TPSA) is 71.2 Å². The van der Waals surface area contributed by atoms with Gasteiger partial charge in [0.2, 0.25) is 0 Å². The Labute approximate surface area is 141 Å². The lowest BCUT2D eigenvalue weighted by molar-refractivity contribution is -0.125. The molecule has 0 saturated heterocycles. The maximum Gasteiger partial charge on any atom is 0.355 e. The van der Waals surface area contributed by atoms with Gasteiger partial charge in [0.1, 0.15) is 5.69 Å². The summed E-state index contributed by atoms with van der Waals surface area (Å²) in [5, 5.41) is 3.95. The summed E-state index contributed by atoms with van der Waals surface area (Å²) < 4.78 is 5.14. The molecule has 1 heterocycles. The molecule has 5 nitrogen and oxygen atoms in total. The highest BCUT2D eigenvalue weighted by atomic mass is 16.5. The first kappa shape index (κ1) is 16.6. The fraction of sp³-hybridized carbons (Fsp3) is 0.474. The molecule has 3 atom stereocenters. The third kappa shape index (κ3) is 3.61. The fourth-order valence-corrected chi connectivity index (χ4v) is 3.43. The van der Waals surface area contributed by atoms with E-state index in [1.165, 1.54) is 6.42 Å². The third-order valence-corrected chi connectivity index (χ3v) is 5.14. The van der Waals surface area contributed by atoms with Gasteiger partial charge in [-0.15, -0.1) is 0 Å². The van der Waals surface area contributed by atoms with Gasteiger partial charge in [0, 0.05) is 16.9 Å². The average molecular weight is 328 g/mol. The van der Waals surface area contributed by atoms with E-state index >= 15 is 0 Å². The van der Waals surface area contributed by atoms with E-state index < -0.39 is 5.97 Å². The minimum Gasteiger partial charge on any atom is -0.451 e.